The zero-order valence-electron chi connectivity index (χ0n) is 8.98. The van der Waals surface area contributed by atoms with Gasteiger partial charge in [0.25, 0.3) is 0 Å². The maximum absolute atomic E-state index is 10.5. The van der Waals surface area contributed by atoms with Gasteiger partial charge in [0.2, 0.25) is 0 Å². The molecule has 9 heteroatoms. The van der Waals surface area contributed by atoms with Crippen molar-refractivity contribution in [2.24, 2.45) is 5.73 Å². The van der Waals surface area contributed by atoms with E-state index in [2.05, 4.69) is 4.52 Å². The van der Waals surface area contributed by atoms with Crippen molar-refractivity contribution in [2.45, 2.75) is 12.5 Å². The molecular formula is C9H10NO7P-2. The largest absolute Gasteiger partial charge is 0.780 e. The Kier molecular flexibility index (Phi) is 4.31. The van der Waals surface area contributed by atoms with E-state index < -0.39 is 31.3 Å². The minimum atomic E-state index is -5.25. The topological polar surface area (TPSA) is 156 Å². The van der Waals surface area contributed by atoms with E-state index in [1.165, 1.54) is 6.07 Å². The highest BCUT2D eigenvalue weighted by Crippen LogP contribution is 2.36. The molecule has 0 fully saturated rings. The van der Waals surface area contributed by atoms with Crippen molar-refractivity contribution in [2.75, 3.05) is 0 Å². The lowest BCUT2D eigenvalue weighted by atomic mass is 10.1. The Bertz CT molecular complexity index is 498. The Morgan fingerprint density at radius 3 is 2.56 bits per heavy atom. The van der Waals surface area contributed by atoms with Gasteiger partial charge in [-0.15, -0.1) is 0 Å². The molecule has 0 aliphatic carbocycles. The summed E-state index contributed by atoms with van der Waals surface area (Å²) in [7, 11) is -5.25. The second-order valence-electron chi connectivity index (χ2n) is 3.49. The van der Waals surface area contributed by atoms with Gasteiger partial charge in [-0.05, 0) is 24.1 Å². The molecule has 1 rings (SSSR count). The van der Waals surface area contributed by atoms with Gasteiger partial charge < -0.3 is 34.8 Å². The van der Waals surface area contributed by atoms with Crippen LogP contribution in [0.25, 0.3) is 0 Å². The number of carboxylic acid groups (broad SMARTS) is 1. The minimum absolute atomic E-state index is 0.0599. The Labute approximate surface area is 102 Å². The molecule has 0 aliphatic rings. The zero-order valence-corrected chi connectivity index (χ0v) is 9.87. The van der Waals surface area contributed by atoms with Crippen LogP contribution in [0.3, 0.4) is 0 Å². The van der Waals surface area contributed by atoms with Gasteiger partial charge in [0.15, 0.2) is 11.5 Å². The van der Waals surface area contributed by atoms with Crippen LogP contribution >= 0.6 is 7.82 Å². The summed E-state index contributed by atoms with van der Waals surface area (Å²) in [6, 6.07) is 2.27. The second kappa shape index (κ2) is 5.36. The Morgan fingerprint density at radius 1 is 1.50 bits per heavy atom. The molecule has 1 atom stereocenters. The lowest BCUT2D eigenvalue weighted by Crippen LogP contribution is -2.32. The van der Waals surface area contributed by atoms with Gasteiger partial charge in [-0.3, -0.25) is 4.79 Å². The number of phosphoric acid groups is 1. The predicted octanol–water partition coefficient (Wildman–Crippen LogP) is -1.45. The molecule has 0 radical (unpaired) electrons. The lowest BCUT2D eigenvalue weighted by molar-refractivity contribution is -0.333. The first-order valence-electron chi connectivity index (χ1n) is 4.71. The number of phenols is 1. The third-order valence-corrected chi connectivity index (χ3v) is 2.43. The number of aromatic hydroxyl groups is 1. The van der Waals surface area contributed by atoms with Crippen molar-refractivity contribution >= 4 is 13.8 Å². The highest BCUT2D eigenvalue weighted by atomic mass is 31.2. The smallest absolute Gasteiger partial charge is 0.320 e. The number of hydrogen-bond donors (Lipinski definition) is 3. The minimum Gasteiger partial charge on any atom is -0.780 e. The maximum atomic E-state index is 10.5. The molecule has 4 N–H and O–H groups in total. The first kappa shape index (κ1) is 14.5. The summed E-state index contributed by atoms with van der Waals surface area (Å²) in [5, 5.41) is 18.0. The molecule has 1 aromatic carbocycles. The van der Waals surface area contributed by atoms with Gasteiger partial charge in [-0.1, -0.05) is 6.07 Å². The van der Waals surface area contributed by atoms with Gasteiger partial charge in [0, 0.05) is 0 Å². The van der Waals surface area contributed by atoms with Crippen LogP contribution in [0.1, 0.15) is 5.56 Å². The normalized spacial score (nSPS) is 13.1. The number of carboxylic acids is 1. The third kappa shape index (κ3) is 4.34. The van der Waals surface area contributed by atoms with Crippen molar-refractivity contribution in [3.63, 3.8) is 0 Å². The van der Waals surface area contributed by atoms with Crippen molar-refractivity contribution in [3.05, 3.63) is 23.8 Å². The van der Waals surface area contributed by atoms with Crippen LogP contribution in [0.15, 0.2) is 18.2 Å². The van der Waals surface area contributed by atoms with Crippen LogP contribution in [-0.4, -0.2) is 22.2 Å². The number of aliphatic carboxylic acids is 1. The summed E-state index contributed by atoms with van der Waals surface area (Å²) in [6.45, 7) is 0. The molecule has 0 saturated carbocycles. The van der Waals surface area contributed by atoms with Gasteiger partial charge in [-0.25, -0.2) is 0 Å². The Morgan fingerprint density at radius 2 is 2.11 bits per heavy atom. The molecule has 18 heavy (non-hydrogen) atoms. The standard InChI is InChI=1S/C9H12NO7P/c10-6(9(12)13)3-5-1-2-8(7(11)4-5)17-18(14,15)16/h1-2,4,6,11H,3,10H2,(H,12,13)(H2,14,15,16)/p-2. The van der Waals surface area contributed by atoms with Crippen molar-refractivity contribution in [1.29, 1.82) is 0 Å². The number of nitrogens with two attached hydrogens (primary N) is 1. The molecule has 0 spiro atoms. The van der Waals surface area contributed by atoms with Crippen LogP contribution in [-0.2, 0) is 15.8 Å². The highest BCUT2D eigenvalue weighted by molar-refractivity contribution is 7.43. The molecular weight excluding hydrogens is 265 g/mol. The first-order valence-corrected chi connectivity index (χ1v) is 6.17. The van der Waals surface area contributed by atoms with E-state index in [1.54, 1.807) is 0 Å². The van der Waals surface area contributed by atoms with Gasteiger partial charge in [-0.2, -0.15) is 0 Å². The molecule has 0 bridgehead atoms. The Balaban J connectivity index is 2.86. The molecule has 0 aromatic heterocycles. The van der Waals surface area contributed by atoms with E-state index in [-0.39, 0.29) is 6.42 Å². The van der Waals surface area contributed by atoms with E-state index in [4.69, 9.17) is 10.8 Å². The number of hydrogen-bond acceptors (Lipinski definition) is 7. The third-order valence-electron chi connectivity index (χ3n) is 2.01. The van der Waals surface area contributed by atoms with E-state index in [1.807, 2.05) is 0 Å². The molecule has 100 valence electrons. The summed E-state index contributed by atoms with van der Waals surface area (Å²) in [4.78, 5) is 31.2. The monoisotopic (exact) mass is 275 g/mol. The summed E-state index contributed by atoms with van der Waals surface area (Å²) < 4.78 is 14.3. The Hall–Kier alpha value is -1.60. The van der Waals surface area contributed by atoms with E-state index in [9.17, 15) is 24.3 Å². The molecule has 0 heterocycles. The van der Waals surface area contributed by atoms with E-state index in [0.717, 1.165) is 12.1 Å². The molecule has 0 saturated heterocycles. The van der Waals surface area contributed by atoms with Crippen molar-refractivity contribution in [1.82, 2.24) is 0 Å². The van der Waals surface area contributed by atoms with Crippen molar-refractivity contribution < 1.29 is 33.9 Å². The van der Waals surface area contributed by atoms with Crippen LogP contribution < -0.4 is 20.0 Å². The molecule has 0 aliphatic heterocycles. The molecule has 1 unspecified atom stereocenters. The maximum Gasteiger partial charge on any atom is 0.320 e. The summed E-state index contributed by atoms with van der Waals surface area (Å²) in [5.41, 5.74) is 5.64. The fourth-order valence-electron chi connectivity index (χ4n) is 1.23. The van der Waals surface area contributed by atoms with Gasteiger partial charge in [0.1, 0.15) is 13.9 Å². The fourth-order valence-corrected chi connectivity index (χ4v) is 1.62. The number of phosphoric ester groups is 1. The quantitative estimate of drug-likeness (QED) is 0.551. The van der Waals surface area contributed by atoms with Crippen LogP contribution in [0, 0.1) is 0 Å². The predicted molar refractivity (Wildman–Crippen MR) is 55.7 cm³/mol. The lowest BCUT2D eigenvalue weighted by Gasteiger charge is -2.29. The van der Waals surface area contributed by atoms with E-state index in [0.29, 0.717) is 5.56 Å². The number of rotatable bonds is 5. The molecule has 1 aromatic rings. The summed E-state index contributed by atoms with van der Waals surface area (Å²) in [6.07, 6.45) is -0.0599. The van der Waals surface area contributed by atoms with E-state index >= 15 is 0 Å². The molecule has 0 amide bonds. The summed E-state index contributed by atoms with van der Waals surface area (Å²) in [5.74, 6) is -2.31. The SMILES string of the molecule is NC(Cc1ccc(OP(=O)([O-])[O-])c(O)c1)C(=O)O. The average molecular weight is 275 g/mol. The fraction of sp³-hybridized carbons (Fsp3) is 0.222. The molecule has 8 nitrogen and oxygen atoms in total. The second-order valence-corrected chi connectivity index (χ2v) is 4.57. The van der Waals surface area contributed by atoms with Gasteiger partial charge >= 0.3 is 5.97 Å². The van der Waals surface area contributed by atoms with Crippen LogP contribution in [0.5, 0.6) is 11.5 Å². The van der Waals surface area contributed by atoms with Crippen LogP contribution in [0.2, 0.25) is 0 Å². The van der Waals surface area contributed by atoms with Gasteiger partial charge in [0.05, 0.1) is 0 Å². The number of benzene rings is 1. The number of carbonyl (C=O) groups is 1. The highest BCUT2D eigenvalue weighted by Gasteiger charge is 2.13. The average Bonchev–Trinajstić information content (AvgIpc) is 2.20. The summed E-state index contributed by atoms with van der Waals surface area (Å²) >= 11 is 0. The zero-order chi connectivity index (χ0) is 13.9. The first-order chi connectivity index (χ1) is 8.19. The van der Waals surface area contributed by atoms with Crippen molar-refractivity contribution in [3.8, 4) is 11.5 Å². The van der Waals surface area contributed by atoms with Crippen LogP contribution in [0.4, 0.5) is 0 Å². The number of phenolic OH excluding ortho intramolecular Hbond substituents is 1.